The van der Waals surface area contributed by atoms with Gasteiger partial charge in [0.15, 0.2) is 0 Å². The van der Waals surface area contributed by atoms with Crippen molar-refractivity contribution in [2.45, 2.75) is 6.92 Å². The van der Waals surface area contributed by atoms with Crippen LogP contribution in [0.2, 0.25) is 0 Å². The molecule has 2 aromatic rings. The highest BCUT2D eigenvalue weighted by molar-refractivity contribution is 9.10. The maximum absolute atomic E-state index is 10.9. The Labute approximate surface area is 122 Å². The number of halogens is 1. The van der Waals surface area contributed by atoms with Crippen LogP contribution in [0, 0.1) is 17.0 Å². The van der Waals surface area contributed by atoms with Gasteiger partial charge in [-0.25, -0.2) is 10.8 Å². The van der Waals surface area contributed by atoms with Gasteiger partial charge < -0.3 is 4.74 Å². The lowest BCUT2D eigenvalue weighted by Crippen LogP contribution is -2.11. The summed E-state index contributed by atoms with van der Waals surface area (Å²) in [5.41, 5.74) is 2.79. The number of anilines is 1. The molecule has 0 saturated carbocycles. The summed E-state index contributed by atoms with van der Waals surface area (Å²) in [4.78, 5) is 17.8. The number of nitrogens with one attached hydrogen (secondary N) is 1. The Hall–Kier alpha value is -2.26. The minimum absolute atomic E-state index is 0.0273. The van der Waals surface area contributed by atoms with Gasteiger partial charge in [-0.3, -0.25) is 15.5 Å². The van der Waals surface area contributed by atoms with Crippen LogP contribution >= 0.6 is 15.9 Å². The zero-order valence-electron chi connectivity index (χ0n) is 10.3. The van der Waals surface area contributed by atoms with Crippen LogP contribution in [-0.4, -0.2) is 14.9 Å². The first-order chi connectivity index (χ1) is 9.51. The van der Waals surface area contributed by atoms with E-state index in [0.717, 1.165) is 16.2 Å². The first kappa shape index (κ1) is 14.2. The summed E-state index contributed by atoms with van der Waals surface area (Å²) in [6.45, 7) is 1.87. The fourth-order valence-corrected chi connectivity index (χ4v) is 1.67. The van der Waals surface area contributed by atoms with Gasteiger partial charge in [0.25, 0.3) is 0 Å². The highest BCUT2D eigenvalue weighted by Crippen LogP contribution is 2.31. The molecule has 3 N–H and O–H groups in total. The third-order valence-electron chi connectivity index (χ3n) is 2.41. The second kappa shape index (κ2) is 5.80. The number of hydrazine groups is 1. The maximum Gasteiger partial charge on any atom is 0.349 e. The van der Waals surface area contributed by atoms with Crippen molar-refractivity contribution < 1.29 is 9.66 Å². The minimum Gasteiger partial charge on any atom is -0.434 e. The van der Waals surface area contributed by atoms with Gasteiger partial charge in [0.05, 0.1) is 4.92 Å². The molecule has 1 aromatic heterocycles. The van der Waals surface area contributed by atoms with Crippen molar-refractivity contribution in [3.63, 3.8) is 0 Å². The van der Waals surface area contributed by atoms with E-state index in [2.05, 4.69) is 31.3 Å². The summed E-state index contributed by atoms with van der Waals surface area (Å²) in [7, 11) is 0. The second-order valence-electron chi connectivity index (χ2n) is 3.80. The number of nitro groups is 1. The van der Waals surface area contributed by atoms with Crippen LogP contribution in [0.25, 0.3) is 0 Å². The number of aryl methyl sites for hydroxylation is 1. The van der Waals surface area contributed by atoms with E-state index in [-0.39, 0.29) is 17.5 Å². The molecule has 8 nitrogen and oxygen atoms in total. The number of ether oxygens (including phenoxy) is 1. The second-order valence-corrected chi connectivity index (χ2v) is 4.65. The summed E-state index contributed by atoms with van der Waals surface area (Å²) >= 11 is 3.36. The molecule has 9 heteroatoms. The normalized spacial score (nSPS) is 10.2. The smallest absolute Gasteiger partial charge is 0.349 e. The lowest BCUT2D eigenvalue weighted by molar-refractivity contribution is -0.386. The van der Waals surface area contributed by atoms with Crippen LogP contribution in [0.3, 0.4) is 0 Å². The number of nitrogens with two attached hydrogens (primary N) is 1. The predicted octanol–water partition coefficient (Wildman–Crippen LogP) is 2.53. The minimum atomic E-state index is -0.624. The molecule has 1 aromatic carbocycles. The van der Waals surface area contributed by atoms with Crippen LogP contribution in [0.4, 0.5) is 11.6 Å². The Balaban J connectivity index is 2.40. The summed E-state index contributed by atoms with van der Waals surface area (Å²) in [6, 6.07) is 5.17. The monoisotopic (exact) mass is 339 g/mol. The first-order valence-electron chi connectivity index (χ1n) is 5.43. The average Bonchev–Trinajstić information content (AvgIpc) is 2.42. The van der Waals surface area contributed by atoms with Crippen molar-refractivity contribution in [2.75, 3.05) is 5.43 Å². The number of nitrogens with zero attached hydrogens (tertiary/aromatic N) is 3. The van der Waals surface area contributed by atoms with Crippen LogP contribution in [0.1, 0.15) is 5.56 Å². The average molecular weight is 340 g/mol. The summed E-state index contributed by atoms with van der Waals surface area (Å²) in [5, 5.41) is 10.9. The zero-order valence-corrected chi connectivity index (χ0v) is 11.9. The quantitative estimate of drug-likeness (QED) is 0.499. The van der Waals surface area contributed by atoms with Crippen molar-refractivity contribution in [3.05, 3.63) is 44.5 Å². The molecule has 104 valence electrons. The number of benzene rings is 1. The third-order valence-corrected chi connectivity index (χ3v) is 3.30. The number of hydrogen-bond donors (Lipinski definition) is 2. The molecule has 1 heterocycles. The molecule has 2 rings (SSSR count). The molecule has 0 saturated heterocycles. The third kappa shape index (κ3) is 3.00. The van der Waals surface area contributed by atoms with E-state index in [9.17, 15) is 10.1 Å². The van der Waals surface area contributed by atoms with Gasteiger partial charge in [-0.2, -0.15) is 4.98 Å². The Bertz CT molecular complexity index is 665. The molecule has 0 aliphatic carbocycles. The molecule has 0 aliphatic rings. The number of aromatic nitrogens is 2. The van der Waals surface area contributed by atoms with Gasteiger partial charge in [0.2, 0.25) is 5.95 Å². The fraction of sp³-hybridized carbons (Fsp3) is 0.0909. The Morgan fingerprint density at radius 2 is 2.25 bits per heavy atom. The molecule has 20 heavy (non-hydrogen) atoms. The van der Waals surface area contributed by atoms with E-state index in [4.69, 9.17) is 10.6 Å². The highest BCUT2D eigenvalue weighted by atomic mass is 79.9. The Kier molecular flexibility index (Phi) is 4.11. The van der Waals surface area contributed by atoms with Crippen molar-refractivity contribution in [3.8, 4) is 11.6 Å². The largest absolute Gasteiger partial charge is 0.434 e. The molecule has 0 atom stereocenters. The molecular weight excluding hydrogens is 330 g/mol. The van der Waals surface area contributed by atoms with Gasteiger partial charge >= 0.3 is 11.6 Å². The van der Waals surface area contributed by atoms with Gasteiger partial charge in [-0.15, -0.1) is 0 Å². The summed E-state index contributed by atoms with van der Waals surface area (Å²) in [5.74, 6) is 5.45. The fourth-order valence-electron chi connectivity index (χ4n) is 1.42. The molecular formula is C11H10BrN5O3. The van der Waals surface area contributed by atoms with Crippen molar-refractivity contribution >= 4 is 27.6 Å². The van der Waals surface area contributed by atoms with Crippen LogP contribution in [0.5, 0.6) is 11.6 Å². The van der Waals surface area contributed by atoms with E-state index in [1.807, 2.05) is 6.92 Å². The van der Waals surface area contributed by atoms with E-state index in [1.165, 1.54) is 0 Å². The zero-order chi connectivity index (χ0) is 14.7. The Morgan fingerprint density at radius 3 is 2.85 bits per heavy atom. The molecule has 0 aliphatic heterocycles. The summed E-state index contributed by atoms with van der Waals surface area (Å²) < 4.78 is 6.35. The van der Waals surface area contributed by atoms with Crippen LogP contribution in [0.15, 0.2) is 28.9 Å². The molecule has 0 bridgehead atoms. The topological polar surface area (TPSA) is 116 Å². The van der Waals surface area contributed by atoms with E-state index >= 15 is 0 Å². The van der Waals surface area contributed by atoms with Crippen LogP contribution < -0.4 is 16.0 Å². The lowest BCUT2D eigenvalue weighted by Gasteiger charge is -2.07. The van der Waals surface area contributed by atoms with Crippen molar-refractivity contribution in [2.24, 2.45) is 5.84 Å². The van der Waals surface area contributed by atoms with E-state index < -0.39 is 4.92 Å². The van der Waals surface area contributed by atoms with Gasteiger partial charge in [-0.05, 0) is 30.7 Å². The first-order valence-corrected chi connectivity index (χ1v) is 6.22. The number of rotatable bonds is 4. The predicted molar refractivity (Wildman–Crippen MR) is 75.4 cm³/mol. The van der Waals surface area contributed by atoms with Crippen molar-refractivity contribution in [1.82, 2.24) is 9.97 Å². The lowest BCUT2D eigenvalue weighted by atomic mass is 10.2. The van der Waals surface area contributed by atoms with Gasteiger partial charge in [-0.1, -0.05) is 15.9 Å². The number of hydrogen-bond acceptors (Lipinski definition) is 7. The highest BCUT2D eigenvalue weighted by Gasteiger charge is 2.19. The van der Waals surface area contributed by atoms with Gasteiger partial charge in [0, 0.05) is 4.47 Å². The van der Waals surface area contributed by atoms with E-state index in [1.54, 1.807) is 18.2 Å². The molecule has 0 unspecified atom stereocenters. The van der Waals surface area contributed by atoms with Crippen LogP contribution in [-0.2, 0) is 0 Å². The van der Waals surface area contributed by atoms with E-state index in [0.29, 0.717) is 5.75 Å². The SMILES string of the molecule is Cc1cc(Oc2nc(NN)ncc2[N+](=O)[O-])ccc1Br. The number of nitrogen functional groups attached to an aromatic ring is 1. The molecule has 0 amide bonds. The van der Waals surface area contributed by atoms with Gasteiger partial charge in [0.1, 0.15) is 11.9 Å². The summed E-state index contributed by atoms with van der Waals surface area (Å²) in [6.07, 6.45) is 1.03. The molecule has 0 spiro atoms. The maximum atomic E-state index is 10.9. The Morgan fingerprint density at radius 1 is 1.50 bits per heavy atom. The molecule has 0 fully saturated rings. The molecule has 0 radical (unpaired) electrons. The van der Waals surface area contributed by atoms with Crippen molar-refractivity contribution in [1.29, 1.82) is 0 Å². The standard InChI is InChI=1S/C11H10BrN5O3/c1-6-4-7(2-3-8(6)12)20-10-9(17(18)19)5-14-11(15-10)16-13/h2-5H,13H2,1H3,(H,14,15,16).